The van der Waals surface area contributed by atoms with Crippen molar-refractivity contribution in [3.05, 3.63) is 0 Å². The molecule has 114 valence electrons. The van der Waals surface area contributed by atoms with Crippen LogP contribution in [0, 0.1) is 5.41 Å². The highest BCUT2D eigenvalue weighted by Gasteiger charge is 2.36. The molecule has 3 heteroatoms. The first-order chi connectivity index (χ1) is 8.91. The third-order valence-corrected chi connectivity index (χ3v) is 4.16. The lowest BCUT2D eigenvalue weighted by molar-refractivity contribution is -0.0347. The normalized spacial score (nSPS) is 25.4. The van der Waals surface area contributed by atoms with E-state index in [1.54, 1.807) is 7.11 Å². The Labute approximate surface area is 119 Å². The van der Waals surface area contributed by atoms with Crippen molar-refractivity contribution in [2.45, 2.75) is 71.5 Å². The zero-order valence-corrected chi connectivity index (χ0v) is 13.6. The summed E-state index contributed by atoms with van der Waals surface area (Å²) in [5, 5.41) is 3.53. The number of nitrogens with one attached hydrogen (secondary N) is 1. The fourth-order valence-electron chi connectivity index (χ4n) is 3.20. The van der Waals surface area contributed by atoms with Crippen LogP contribution >= 0.6 is 0 Å². The smallest absolute Gasteiger partial charge is 0.0631 e. The van der Waals surface area contributed by atoms with Gasteiger partial charge in [-0.1, -0.05) is 20.3 Å². The van der Waals surface area contributed by atoms with Crippen molar-refractivity contribution in [2.75, 3.05) is 26.8 Å². The van der Waals surface area contributed by atoms with Gasteiger partial charge < -0.3 is 14.8 Å². The number of methoxy groups -OCH3 is 1. The van der Waals surface area contributed by atoms with Crippen LogP contribution in [0.2, 0.25) is 0 Å². The maximum absolute atomic E-state index is 6.17. The monoisotopic (exact) mass is 271 g/mol. The van der Waals surface area contributed by atoms with Gasteiger partial charge in [0.25, 0.3) is 0 Å². The summed E-state index contributed by atoms with van der Waals surface area (Å²) in [5.41, 5.74) is 0.425. The second-order valence-electron chi connectivity index (χ2n) is 6.97. The van der Waals surface area contributed by atoms with Crippen LogP contribution in [-0.2, 0) is 9.47 Å². The first-order valence-corrected chi connectivity index (χ1v) is 7.78. The van der Waals surface area contributed by atoms with E-state index in [0.717, 1.165) is 19.7 Å². The molecule has 1 saturated heterocycles. The van der Waals surface area contributed by atoms with Crippen LogP contribution < -0.4 is 5.32 Å². The topological polar surface area (TPSA) is 30.5 Å². The van der Waals surface area contributed by atoms with Gasteiger partial charge in [0.15, 0.2) is 0 Å². The largest absolute Gasteiger partial charge is 0.383 e. The van der Waals surface area contributed by atoms with Gasteiger partial charge in [-0.3, -0.25) is 0 Å². The number of hydrogen-bond donors (Lipinski definition) is 1. The summed E-state index contributed by atoms with van der Waals surface area (Å²) in [7, 11) is 1.75. The summed E-state index contributed by atoms with van der Waals surface area (Å²) in [5.74, 6) is 0. The molecule has 1 fully saturated rings. The van der Waals surface area contributed by atoms with Gasteiger partial charge in [-0.2, -0.15) is 0 Å². The van der Waals surface area contributed by atoms with Crippen LogP contribution in [0.25, 0.3) is 0 Å². The Morgan fingerprint density at radius 3 is 2.68 bits per heavy atom. The van der Waals surface area contributed by atoms with E-state index in [-0.39, 0.29) is 5.60 Å². The molecular weight excluding hydrogens is 238 g/mol. The molecule has 1 N–H and O–H groups in total. The summed E-state index contributed by atoms with van der Waals surface area (Å²) < 4.78 is 11.3. The zero-order valence-electron chi connectivity index (χ0n) is 13.6. The van der Waals surface area contributed by atoms with Gasteiger partial charge in [-0.05, 0) is 44.9 Å². The van der Waals surface area contributed by atoms with E-state index < -0.39 is 0 Å². The molecule has 3 nitrogen and oxygen atoms in total. The van der Waals surface area contributed by atoms with Gasteiger partial charge in [0.2, 0.25) is 0 Å². The second-order valence-corrected chi connectivity index (χ2v) is 6.97. The van der Waals surface area contributed by atoms with Crippen LogP contribution in [0.3, 0.4) is 0 Å². The Morgan fingerprint density at radius 1 is 1.42 bits per heavy atom. The Balaban J connectivity index is 2.41. The average Bonchev–Trinajstić information content (AvgIpc) is 2.64. The van der Waals surface area contributed by atoms with Crippen molar-refractivity contribution >= 4 is 0 Å². The lowest BCUT2D eigenvalue weighted by atomic mass is 9.79. The Bertz CT molecular complexity index is 255. The Kier molecular flexibility index (Phi) is 6.78. The number of rotatable bonds is 9. The lowest BCUT2D eigenvalue weighted by Crippen LogP contribution is -2.36. The first-order valence-electron chi connectivity index (χ1n) is 7.78. The standard InChI is InChI=1S/C16H33NO2/c1-6-8-16(4,13-17-10-11-18-5)12-14-7-9-15(2,3)19-14/h14,17H,6-13H2,1-5H3. The maximum atomic E-state index is 6.17. The molecule has 0 aromatic carbocycles. The highest BCUT2D eigenvalue weighted by molar-refractivity contribution is 4.87. The Morgan fingerprint density at radius 2 is 2.16 bits per heavy atom. The lowest BCUT2D eigenvalue weighted by Gasteiger charge is -2.33. The van der Waals surface area contributed by atoms with Crippen molar-refractivity contribution in [3.63, 3.8) is 0 Å². The van der Waals surface area contributed by atoms with E-state index in [0.29, 0.717) is 11.5 Å². The molecule has 1 aliphatic rings. The molecule has 1 aliphatic heterocycles. The van der Waals surface area contributed by atoms with Gasteiger partial charge in [0, 0.05) is 20.2 Å². The van der Waals surface area contributed by atoms with Gasteiger partial charge >= 0.3 is 0 Å². The van der Waals surface area contributed by atoms with E-state index in [1.807, 2.05) is 0 Å². The third kappa shape index (κ3) is 6.24. The van der Waals surface area contributed by atoms with Crippen molar-refractivity contribution < 1.29 is 9.47 Å². The highest BCUT2D eigenvalue weighted by Crippen LogP contribution is 2.37. The molecular formula is C16H33NO2. The second kappa shape index (κ2) is 7.61. The Hall–Kier alpha value is -0.120. The SMILES string of the molecule is CCCC(C)(CNCCOC)CC1CCC(C)(C)O1. The highest BCUT2D eigenvalue weighted by atomic mass is 16.5. The fraction of sp³-hybridized carbons (Fsp3) is 1.00. The molecule has 0 aliphatic carbocycles. The summed E-state index contributed by atoms with van der Waals surface area (Å²) in [6.45, 7) is 11.9. The van der Waals surface area contributed by atoms with Crippen LogP contribution in [0.1, 0.15) is 59.8 Å². The van der Waals surface area contributed by atoms with Crippen LogP contribution in [0.4, 0.5) is 0 Å². The predicted molar refractivity (Wildman–Crippen MR) is 80.6 cm³/mol. The third-order valence-electron chi connectivity index (χ3n) is 4.16. The average molecular weight is 271 g/mol. The van der Waals surface area contributed by atoms with Crippen LogP contribution in [0.15, 0.2) is 0 Å². The van der Waals surface area contributed by atoms with Crippen LogP contribution in [0.5, 0.6) is 0 Å². The number of ether oxygens (including phenoxy) is 2. The molecule has 2 atom stereocenters. The summed E-state index contributed by atoms with van der Waals surface area (Å²) in [4.78, 5) is 0. The molecule has 0 saturated carbocycles. The van der Waals surface area contributed by atoms with E-state index in [9.17, 15) is 0 Å². The summed E-state index contributed by atoms with van der Waals surface area (Å²) in [6, 6.07) is 0. The van der Waals surface area contributed by atoms with Gasteiger partial charge in [0.05, 0.1) is 18.3 Å². The van der Waals surface area contributed by atoms with Gasteiger partial charge in [0.1, 0.15) is 0 Å². The molecule has 1 heterocycles. The zero-order chi connectivity index (χ0) is 14.4. The molecule has 0 radical (unpaired) electrons. The predicted octanol–water partition coefficient (Wildman–Crippen LogP) is 3.38. The molecule has 19 heavy (non-hydrogen) atoms. The van der Waals surface area contributed by atoms with Crippen molar-refractivity contribution in [2.24, 2.45) is 5.41 Å². The van der Waals surface area contributed by atoms with Crippen molar-refractivity contribution in [3.8, 4) is 0 Å². The minimum Gasteiger partial charge on any atom is -0.383 e. The fourth-order valence-corrected chi connectivity index (χ4v) is 3.20. The van der Waals surface area contributed by atoms with Crippen molar-refractivity contribution in [1.29, 1.82) is 0 Å². The molecule has 0 bridgehead atoms. The van der Waals surface area contributed by atoms with E-state index in [4.69, 9.17) is 9.47 Å². The van der Waals surface area contributed by atoms with E-state index in [2.05, 4.69) is 33.0 Å². The van der Waals surface area contributed by atoms with Crippen molar-refractivity contribution in [1.82, 2.24) is 5.32 Å². The number of hydrogen-bond acceptors (Lipinski definition) is 3. The van der Waals surface area contributed by atoms with Gasteiger partial charge in [-0.15, -0.1) is 0 Å². The van der Waals surface area contributed by atoms with E-state index >= 15 is 0 Å². The quantitative estimate of drug-likeness (QED) is 0.652. The molecule has 1 rings (SSSR count). The summed E-state index contributed by atoms with van der Waals surface area (Å²) in [6.07, 6.45) is 6.51. The first kappa shape index (κ1) is 16.9. The molecule has 0 spiro atoms. The van der Waals surface area contributed by atoms with Gasteiger partial charge in [-0.25, -0.2) is 0 Å². The molecule has 0 amide bonds. The van der Waals surface area contributed by atoms with E-state index in [1.165, 1.54) is 32.1 Å². The van der Waals surface area contributed by atoms with Crippen LogP contribution in [-0.4, -0.2) is 38.5 Å². The summed E-state index contributed by atoms with van der Waals surface area (Å²) >= 11 is 0. The molecule has 2 unspecified atom stereocenters. The minimum absolute atomic E-state index is 0.0846. The maximum Gasteiger partial charge on any atom is 0.0631 e. The molecule has 0 aromatic heterocycles. The minimum atomic E-state index is 0.0846. The molecule has 0 aromatic rings.